The Morgan fingerprint density at radius 1 is 1.02 bits per heavy atom. The molecule has 0 saturated carbocycles. The zero-order valence-corrected chi connectivity index (χ0v) is 31.7. The van der Waals surface area contributed by atoms with Crippen LogP contribution in [0.15, 0.2) is 102 Å². The number of methoxy groups -OCH3 is 1. The Labute approximate surface area is 321 Å². The van der Waals surface area contributed by atoms with Crippen LogP contribution in [-0.2, 0) is 13.5 Å². The summed E-state index contributed by atoms with van der Waals surface area (Å²) in [5.74, 6) is 0.614. The zero-order valence-electron chi connectivity index (χ0n) is 28.7. The van der Waals surface area contributed by atoms with Gasteiger partial charge in [0.05, 0.1) is 40.6 Å². The van der Waals surface area contributed by atoms with E-state index in [9.17, 15) is 14.4 Å². The van der Waals surface area contributed by atoms with Gasteiger partial charge in [0.1, 0.15) is 11.5 Å². The summed E-state index contributed by atoms with van der Waals surface area (Å²) in [5, 5.41) is 16.9. The van der Waals surface area contributed by atoms with E-state index in [0.717, 1.165) is 27.6 Å². The molecule has 4 heterocycles. The Balaban J connectivity index is 1.04. The number of aryl methyl sites for hydroxylation is 1. The van der Waals surface area contributed by atoms with Gasteiger partial charge in [-0.3, -0.25) is 14.6 Å². The molecular formula is C38H33IN8O5S. The number of pyridine rings is 1. The molecule has 4 aromatic heterocycles. The third-order valence-corrected chi connectivity index (χ3v) is 10.1. The predicted molar refractivity (Wildman–Crippen MR) is 217 cm³/mol. The number of nitrogen functional groups attached to an aromatic ring is 1. The molecular weight excluding hydrogens is 807 g/mol. The molecule has 15 heteroatoms. The Bertz CT molecular complexity index is 2550. The van der Waals surface area contributed by atoms with Crippen LogP contribution in [0, 0.1) is 0 Å². The van der Waals surface area contributed by atoms with Crippen molar-refractivity contribution in [3.05, 3.63) is 118 Å². The molecule has 5 N–H and O–H groups in total. The van der Waals surface area contributed by atoms with Crippen LogP contribution in [0.4, 0.5) is 21.2 Å². The highest BCUT2D eigenvalue weighted by molar-refractivity contribution is 14.1. The fourth-order valence-electron chi connectivity index (χ4n) is 6.21. The molecule has 268 valence electrons. The lowest BCUT2D eigenvalue weighted by atomic mass is 10.1. The van der Waals surface area contributed by atoms with Crippen molar-refractivity contribution in [1.29, 1.82) is 0 Å². The van der Waals surface area contributed by atoms with Gasteiger partial charge in [-0.1, -0.05) is 18.2 Å². The lowest BCUT2D eigenvalue weighted by Gasteiger charge is -2.17. The maximum atomic E-state index is 13.7. The zero-order chi connectivity index (χ0) is 37.2. The van der Waals surface area contributed by atoms with Gasteiger partial charge in [-0.25, -0.2) is 4.79 Å². The SMILES string of the molecule is COc1ccc(CC(C)NC(=O)c2nn(-c3ccc(OI)cc3)c(=O)c3c(N)scc23)cc1NC(=O)Nc1ccc(-c2cn(C)c3cnccc23)cc1. The largest absolute Gasteiger partial charge is 0.495 e. The summed E-state index contributed by atoms with van der Waals surface area (Å²) < 4.78 is 13.9. The molecule has 0 radical (unpaired) electrons. The summed E-state index contributed by atoms with van der Waals surface area (Å²) in [4.78, 5) is 44.4. The number of halogens is 1. The molecule has 3 aromatic carbocycles. The van der Waals surface area contributed by atoms with Crippen LogP contribution in [0.2, 0.25) is 0 Å². The van der Waals surface area contributed by atoms with E-state index in [-0.39, 0.29) is 17.1 Å². The van der Waals surface area contributed by atoms with Gasteiger partial charge in [-0.05, 0) is 79.1 Å². The van der Waals surface area contributed by atoms with E-state index < -0.39 is 17.5 Å². The van der Waals surface area contributed by atoms with Crippen LogP contribution in [-0.4, -0.2) is 44.4 Å². The maximum Gasteiger partial charge on any atom is 0.323 e. The number of nitrogens with one attached hydrogen (secondary N) is 3. The number of nitrogens with two attached hydrogens (primary N) is 1. The van der Waals surface area contributed by atoms with Crippen molar-refractivity contribution in [3.63, 3.8) is 0 Å². The van der Waals surface area contributed by atoms with E-state index >= 15 is 0 Å². The summed E-state index contributed by atoms with van der Waals surface area (Å²) in [5.41, 5.74) is 11.3. The molecule has 0 bridgehead atoms. The number of carbonyl (C=O) groups is 2. The Hall–Kier alpha value is -5.94. The van der Waals surface area contributed by atoms with Gasteiger partial charge in [0.25, 0.3) is 11.5 Å². The molecule has 0 aliphatic rings. The Morgan fingerprint density at radius 3 is 2.53 bits per heavy atom. The number of benzene rings is 3. The second kappa shape index (κ2) is 15.0. The summed E-state index contributed by atoms with van der Waals surface area (Å²) in [6.07, 6.45) is 6.09. The summed E-state index contributed by atoms with van der Waals surface area (Å²) in [7, 11) is 3.51. The van der Waals surface area contributed by atoms with Crippen LogP contribution in [0.3, 0.4) is 0 Å². The Morgan fingerprint density at radius 2 is 1.79 bits per heavy atom. The fraction of sp³-hybridized carbons (Fsp3) is 0.132. The minimum atomic E-state index is -0.462. The van der Waals surface area contributed by atoms with Gasteiger partial charge in [-0.15, -0.1) is 11.3 Å². The predicted octanol–water partition coefficient (Wildman–Crippen LogP) is 7.33. The minimum Gasteiger partial charge on any atom is -0.495 e. The van der Waals surface area contributed by atoms with Crippen LogP contribution < -0.4 is 35.0 Å². The molecule has 1 unspecified atom stereocenters. The second-order valence-corrected chi connectivity index (χ2v) is 13.7. The lowest BCUT2D eigenvalue weighted by molar-refractivity contribution is 0.0935. The standard InChI is InChI=1S/C38H33IN8O5S/c1-21(42-36(48)34-29-20-53-35(40)33(29)37(49)47(45-34)25-9-11-26(52-39)12-10-25)16-22-4-13-32(51-3)30(17-22)44-38(50)43-24-7-5-23(6-8-24)28-19-46(2)31-18-41-15-14-27(28)31/h4-15,17-21H,16,40H2,1-3H3,(H,42,48)(H2,43,44,50). The highest BCUT2D eigenvalue weighted by Gasteiger charge is 2.22. The van der Waals surface area contributed by atoms with Crippen molar-refractivity contribution < 1.29 is 17.4 Å². The average Bonchev–Trinajstić information content (AvgIpc) is 3.72. The molecule has 53 heavy (non-hydrogen) atoms. The summed E-state index contributed by atoms with van der Waals surface area (Å²) in [6, 6.07) is 21.0. The number of urea groups is 1. The second-order valence-electron chi connectivity index (χ2n) is 12.3. The third kappa shape index (κ3) is 7.25. The molecule has 7 rings (SSSR count). The maximum absolute atomic E-state index is 13.7. The first-order valence-corrected chi connectivity index (χ1v) is 18.1. The molecule has 7 aromatic rings. The van der Waals surface area contributed by atoms with Gasteiger partial charge < -0.3 is 34.1 Å². The van der Waals surface area contributed by atoms with Gasteiger partial charge in [0.15, 0.2) is 28.7 Å². The third-order valence-electron chi connectivity index (χ3n) is 8.74. The van der Waals surface area contributed by atoms with Crippen molar-refractivity contribution in [3.8, 4) is 28.3 Å². The van der Waals surface area contributed by atoms with Crippen LogP contribution >= 0.6 is 34.3 Å². The smallest absolute Gasteiger partial charge is 0.323 e. The summed E-state index contributed by atoms with van der Waals surface area (Å²) >= 11 is 2.95. The number of amides is 3. The van der Waals surface area contributed by atoms with Gasteiger partial charge in [0.2, 0.25) is 0 Å². The number of carbonyl (C=O) groups excluding carboxylic acids is 2. The molecule has 0 saturated heterocycles. The first kappa shape index (κ1) is 35.5. The summed E-state index contributed by atoms with van der Waals surface area (Å²) in [6.45, 7) is 1.86. The monoisotopic (exact) mass is 840 g/mol. The van der Waals surface area contributed by atoms with E-state index in [0.29, 0.717) is 45.4 Å². The lowest BCUT2D eigenvalue weighted by Crippen LogP contribution is -2.36. The first-order chi connectivity index (χ1) is 25.6. The number of nitrogens with zero attached hydrogens (tertiary/aromatic N) is 4. The molecule has 0 aliphatic carbocycles. The number of aromatic nitrogens is 4. The van der Waals surface area contributed by atoms with E-state index in [2.05, 4.69) is 32.2 Å². The molecule has 3 amide bonds. The molecule has 1 atom stereocenters. The number of hydrogen-bond donors (Lipinski definition) is 4. The van der Waals surface area contributed by atoms with Crippen molar-refractivity contribution in [2.24, 2.45) is 7.05 Å². The van der Waals surface area contributed by atoms with Crippen molar-refractivity contribution in [1.82, 2.24) is 24.6 Å². The van der Waals surface area contributed by atoms with Gasteiger partial charge in [-0.2, -0.15) is 9.78 Å². The van der Waals surface area contributed by atoms with Gasteiger partial charge in [0, 0.05) is 52.9 Å². The number of anilines is 3. The molecule has 0 fully saturated rings. The fourth-order valence-corrected chi connectivity index (χ4v) is 7.29. The number of ether oxygens (including phenoxy) is 1. The number of fused-ring (bicyclic) bond motifs is 2. The topological polar surface area (TPSA) is 167 Å². The minimum absolute atomic E-state index is 0.0739. The molecule has 13 nitrogen and oxygen atoms in total. The van der Waals surface area contributed by atoms with Crippen molar-refractivity contribution >= 4 is 84.3 Å². The highest BCUT2D eigenvalue weighted by atomic mass is 127. The Kier molecular flexibility index (Phi) is 10.0. The molecule has 0 aliphatic heterocycles. The van der Waals surface area contributed by atoms with E-state index in [1.54, 1.807) is 71.0 Å². The van der Waals surface area contributed by atoms with E-state index in [1.165, 1.54) is 23.1 Å². The van der Waals surface area contributed by atoms with Crippen LogP contribution in [0.5, 0.6) is 11.5 Å². The first-order valence-electron chi connectivity index (χ1n) is 16.4. The normalized spacial score (nSPS) is 11.7. The molecule has 0 spiro atoms. The number of hydrogen-bond acceptors (Lipinski definition) is 9. The average molecular weight is 841 g/mol. The highest BCUT2D eigenvalue weighted by Crippen LogP contribution is 2.32. The van der Waals surface area contributed by atoms with E-state index in [4.69, 9.17) is 13.5 Å². The number of rotatable bonds is 10. The van der Waals surface area contributed by atoms with E-state index in [1.807, 2.05) is 61.1 Å². The van der Waals surface area contributed by atoms with Crippen molar-refractivity contribution in [2.75, 3.05) is 23.5 Å². The van der Waals surface area contributed by atoms with Crippen LogP contribution in [0.25, 0.3) is 38.5 Å². The quantitative estimate of drug-likeness (QED) is 0.104. The van der Waals surface area contributed by atoms with Crippen molar-refractivity contribution in [2.45, 2.75) is 19.4 Å². The number of thiophene rings is 1. The van der Waals surface area contributed by atoms with Crippen LogP contribution in [0.1, 0.15) is 23.0 Å². The van der Waals surface area contributed by atoms with Gasteiger partial charge >= 0.3 is 6.03 Å².